The van der Waals surface area contributed by atoms with Gasteiger partial charge in [-0.3, -0.25) is 14.4 Å². The largest absolute Gasteiger partial charge is 0.405 e. The normalized spacial score (nSPS) is 10.9. The number of amides is 3. The summed E-state index contributed by atoms with van der Waals surface area (Å²) in [5.74, 6) is -1.65. The number of benzene rings is 2. The molecule has 0 fully saturated rings. The first kappa shape index (κ1) is 20.9. The average molecular weight is 393 g/mol. The average Bonchev–Trinajstić information content (AvgIpc) is 2.64. The van der Waals surface area contributed by atoms with Crippen LogP contribution in [0.5, 0.6) is 0 Å². The predicted molar refractivity (Wildman–Crippen MR) is 96.7 cm³/mol. The smallest absolute Gasteiger partial charge is 0.352 e. The third-order valence-corrected chi connectivity index (χ3v) is 3.63. The Hall–Kier alpha value is -3.36. The highest BCUT2D eigenvalue weighted by Gasteiger charge is 2.28. The van der Waals surface area contributed by atoms with E-state index in [0.717, 1.165) is 5.56 Å². The predicted octanol–water partition coefficient (Wildman–Crippen LogP) is 2.87. The molecular weight excluding hydrogens is 375 g/mol. The minimum atomic E-state index is -4.53. The van der Waals surface area contributed by atoms with Crippen LogP contribution in [0, 0.1) is 0 Å². The molecule has 9 heteroatoms. The molecule has 3 N–H and O–H groups in total. The van der Waals surface area contributed by atoms with E-state index in [4.69, 9.17) is 0 Å². The first-order valence-electron chi connectivity index (χ1n) is 8.24. The van der Waals surface area contributed by atoms with Crippen LogP contribution < -0.4 is 16.0 Å². The van der Waals surface area contributed by atoms with Crippen LogP contribution in [-0.4, -0.2) is 30.4 Å². The molecule has 0 unspecified atom stereocenters. The van der Waals surface area contributed by atoms with E-state index in [-0.39, 0.29) is 22.7 Å². The summed E-state index contributed by atoms with van der Waals surface area (Å²) in [4.78, 5) is 35.3. The van der Waals surface area contributed by atoms with Crippen LogP contribution in [-0.2, 0) is 11.3 Å². The SMILES string of the molecule is CC(=O)NCc1ccc(C(=O)Nc2ccccc2C(=O)NCC(F)(F)F)cc1. The van der Waals surface area contributed by atoms with Crippen LogP contribution in [0.4, 0.5) is 18.9 Å². The van der Waals surface area contributed by atoms with Crippen molar-refractivity contribution in [3.05, 3.63) is 65.2 Å². The fraction of sp³-hybridized carbons (Fsp3) is 0.211. The second-order valence-electron chi connectivity index (χ2n) is 5.90. The van der Waals surface area contributed by atoms with Gasteiger partial charge in [0.05, 0.1) is 11.3 Å². The molecule has 28 heavy (non-hydrogen) atoms. The van der Waals surface area contributed by atoms with Crippen LogP contribution in [0.2, 0.25) is 0 Å². The molecule has 0 saturated carbocycles. The third-order valence-electron chi connectivity index (χ3n) is 3.63. The molecule has 0 radical (unpaired) electrons. The van der Waals surface area contributed by atoms with E-state index in [2.05, 4.69) is 10.6 Å². The molecule has 0 aromatic heterocycles. The number of rotatable bonds is 6. The van der Waals surface area contributed by atoms with E-state index in [9.17, 15) is 27.6 Å². The Morgan fingerprint density at radius 1 is 0.893 bits per heavy atom. The lowest BCUT2D eigenvalue weighted by molar-refractivity contribution is -0.123. The highest BCUT2D eigenvalue weighted by atomic mass is 19.4. The molecular formula is C19H18F3N3O3. The molecule has 0 aliphatic heterocycles. The number of anilines is 1. The van der Waals surface area contributed by atoms with Crippen LogP contribution in [0.1, 0.15) is 33.2 Å². The Labute approximate surface area is 159 Å². The van der Waals surface area contributed by atoms with Gasteiger partial charge >= 0.3 is 6.18 Å². The van der Waals surface area contributed by atoms with E-state index in [1.807, 2.05) is 0 Å². The van der Waals surface area contributed by atoms with Crippen molar-refractivity contribution >= 4 is 23.4 Å². The first-order chi connectivity index (χ1) is 13.2. The van der Waals surface area contributed by atoms with Crippen molar-refractivity contribution in [2.24, 2.45) is 0 Å². The topological polar surface area (TPSA) is 87.3 Å². The summed E-state index contributed by atoms with van der Waals surface area (Å²) in [6.45, 7) is 0.243. The molecule has 0 heterocycles. The van der Waals surface area contributed by atoms with Crippen molar-refractivity contribution < 1.29 is 27.6 Å². The van der Waals surface area contributed by atoms with Crippen LogP contribution >= 0.6 is 0 Å². The molecule has 0 spiro atoms. The number of alkyl halides is 3. The summed E-state index contributed by atoms with van der Waals surface area (Å²) in [6, 6.07) is 12.2. The van der Waals surface area contributed by atoms with E-state index < -0.39 is 24.5 Å². The molecule has 2 aromatic carbocycles. The maximum absolute atomic E-state index is 12.4. The van der Waals surface area contributed by atoms with Gasteiger partial charge in [-0.25, -0.2) is 0 Å². The quantitative estimate of drug-likeness (QED) is 0.705. The minimum Gasteiger partial charge on any atom is -0.352 e. The standard InChI is InChI=1S/C19H18F3N3O3/c1-12(26)23-10-13-6-8-14(9-7-13)17(27)25-16-5-3-2-4-15(16)18(28)24-11-19(20,21)22/h2-9H,10-11H2,1H3,(H,23,26)(H,24,28)(H,25,27). The molecule has 2 rings (SSSR count). The summed E-state index contributed by atoms with van der Waals surface area (Å²) in [5, 5.41) is 6.93. The van der Waals surface area contributed by atoms with Crippen molar-refractivity contribution in [1.29, 1.82) is 0 Å². The van der Waals surface area contributed by atoms with Gasteiger partial charge in [0, 0.05) is 19.0 Å². The van der Waals surface area contributed by atoms with E-state index in [1.165, 1.54) is 25.1 Å². The zero-order valence-corrected chi connectivity index (χ0v) is 14.9. The van der Waals surface area contributed by atoms with Crippen LogP contribution in [0.15, 0.2) is 48.5 Å². The first-order valence-corrected chi connectivity index (χ1v) is 8.24. The molecule has 148 valence electrons. The van der Waals surface area contributed by atoms with E-state index >= 15 is 0 Å². The minimum absolute atomic E-state index is 0.0811. The Morgan fingerprint density at radius 3 is 2.14 bits per heavy atom. The van der Waals surface area contributed by atoms with Crippen molar-refractivity contribution in [3.8, 4) is 0 Å². The van der Waals surface area contributed by atoms with Gasteiger partial charge in [0.2, 0.25) is 5.91 Å². The zero-order chi connectivity index (χ0) is 20.7. The van der Waals surface area contributed by atoms with Crippen molar-refractivity contribution in [2.45, 2.75) is 19.6 Å². The fourth-order valence-corrected chi connectivity index (χ4v) is 2.26. The Bertz CT molecular complexity index is 865. The number of carbonyl (C=O) groups is 3. The molecule has 0 aliphatic rings. The van der Waals surface area contributed by atoms with Crippen LogP contribution in [0.3, 0.4) is 0 Å². The number of halogens is 3. The Kier molecular flexibility index (Phi) is 6.75. The zero-order valence-electron chi connectivity index (χ0n) is 14.9. The molecule has 0 saturated heterocycles. The third kappa shape index (κ3) is 6.42. The Morgan fingerprint density at radius 2 is 1.54 bits per heavy atom. The molecule has 0 bridgehead atoms. The van der Waals surface area contributed by atoms with E-state index in [0.29, 0.717) is 6.54 Å². The molecule has 0 aliphatic carbocycles. The maximum Gasteiger partial charge on any atom is 0.405 e. The maximum atomic E-state index is 12.4. The summed E-state index contributed by atoms with van der Waals surface area (Å²) >= 11 is 0. The summed E-state index contributed by atoms with van der Waals surface area (Å²) in [5.41, 5.74) is 1.09. The summed E-state index contributed by atoms with van der Waals surface area (Å²) in [6.07, 6.45) is -4.53. The molecule has 2 aromatic rings. The van der Waals surface area contributed by atoms with Gasteiger partial charge < -0.3 is 16.0 Å². The highest BCUT2D eigenvalue weighted by molar-refractivity contribution is 6.09. The Balaban J connectivity index is 2.08. The van der Waals surface area contributed by atoms with E-state index in [1.54, 1.807) is 35.6 Å². The lowest BCUT2D eigenvalue weighted by Crippen LogP contribution is -2.34. The van der Waals surface area contributed by atoms with Crippen molar-refractivity contribution in [2.75, 3.05) is 11.9 Å². The molecule has 6 nitrogen and oxygen atoms in total. The summed E-state index contributed by atoms with van der Waals surface area (Å²) in [7, 11) is 0. The number of carbonyl (C=O) groups excluding carboxylic acids is 3. The monoisotopic (exact) mass is 393 g/mol. The van der Waals surface area contributed by atoms with Crippen LogP contribution in [0.25, 0.3) is 0 Å². The second-order valence-corrected chi connectivity index (χ2v) is 5.90. The van der Waals surface area contributed by atoms with Gasteiger partial charge in [-0.15, -0.1) is 0 Å². The van der Waals surface area contributed by atoms with Gasteiger partial charge in [0.1, 0.15) is 6.54 Å². The number of nitrogens with one attached hydrogen (secondary N) is 3. The van der Waals surface area contributed by atoms with Gasteiger partial charge in [0.15, 0.2) is 0 Å². The molecule has 0 atom stereocenters. The van der Waals surface area contributed by atoms with Gasteiger partial charge in [-0.1, -0.05) is 24.3 Å². The van der Waals surface area contributed by atoms with Gasteiger partial charge in [-0.05, 0) is 29.8 Å². The lowest BCUT2D eigenvalue weighted by Gasteiger charge is -2.13. The fourth-order valence-electron chi connectivity index (χ4n) is 2.26. The number of hydrogen-bond acceptors (Lipinski definition) is 3. The second kappa shape index (κ2) is 9.03. The van der Waals surface area contributed by atoms with Gasteiger partial charge in [-0.2, -0.15) is 13.2 Å². The van der Waals surface area contributed by atoms with Crippen molar-refractivity contribution in [1.82, 2.24) is 10.6 Å². The van der Waals surface area contributed by atoms with Gasteiger partial charge in [0.25, 0.3) is 11.8 Å². The van der Waals surface area contributed by atoms with Crippen molar-refractivity contribution in [3.63, 3.8) is 0 Å². The highest BCUT2D eigenvalue weighted by Crippen LogP contribution is 2.18. The molecule has 3 amide bonds. The summed E-state index contributed by atoms with van der Waals surface area (Å²) < 4.78 is 36.9. The number of para-hydroxylation sites is 1. The number of hydrogen-bond donors (Lipinski definition) is 3. The lowest BCUT2D eigenvalue weighted by atomic mass is 10.1.